The van der Waals surface area contributed by atoms with Crippen LogP contribution in [0.5, 0.6) is 0 Å². The van der Waals surface area contributed by atoms with Gasteiger partial charge in [-0.25, -0.2) is 0 Å². The number of aromatic nitrogens is 2. The molecule has 0 amide bonds. The Morgan fingerprint density at radius 3 is 1.36 bits per heavy atom. The molecule has 1 aromatic heterocycles. The molecule has 44 heavy (non-hydrogen) atoms. The van der Waals surface area contributed by atoms with E-state index in [1.54, 1.807) is 0 Å². The second kappa shape index (κ2) is 18.9. The summed E-state index contributed by atoms with van der Waals surface area (Å²) in [6.45, 7) is 4.47. The number of nitrogens with one attached hydrogen (secondary N) is 2. The molecule has 0 saturated carbocycles. The maximum absolute atomic E-state index is 4.58. The lowest BCUT2D eigenvalue weighted by Crippen LogP contribution is -2.02. The number of hydrazone groups is 2. The molecule has 0 bridgehead atoms. The Kier molecular flexibility index (Phi) is 13.9. The van der Waals surface area contributed by atoms with Gasteiger partial charge in [-0.05, 0) is 48.0 Å². The van der Waals surface area contributed by atoms with Gasteiger partial charge in [0.1, 0.15) is 0 Å². The molecule has 4 rings (SSSR count). The van der Waals surface area contributed by atoms with E-state index in [4.69, 9.17) is 0 Å². The van der Waals surface area contributed by atoms with Crippen LogP contribution < -0.4 is 10.9 Å². The van der Waals surface area contributed by atoms with Gasteiger partial charge in [0.25, 0.3) is 0 Å². The first-order valence-electron chi connectivity index (χ1n) is 16.1. The Bertz CT molecular complexity index is 1410. The molecule has 1 heterocycles. The highest BCUT2D eigenvalue weighted by Crippen LogP contribution is 2.26. The molecular formula is C38H46N6. The third kappa shape index (κ3) is 10.9. The minimum absolute atomic E-state index is 0.608. The molecule has 228 valence electrons. The van der Waals surface area contributed by atoms with Crippen molar-refractivity contribution in [3.8, 4) is 0 Å². The average molecular weight is 587 g/mol. The van der Waals surface area contributed by atoms with E-state index in [2.05, 4.69) is 106 Å². The lowest BCUT2D eigenvalue weighted by atomic mass is 10.0. The van der Waals surface area contributed by atoms with Crippen LogP contribution >= 0.6 is 0 Å². The summed E-state index contributed by atoms with van der Waals surface area (Å²) in [6, 6.07) is 28.8. The quantitative estimate of drug-likeness (QED) is 0.0691. The van der Waals surface area contributed by atoms with Crippen LogP contribution in [0.3, 0.4) is 0 Å². The fourth-order valence-electron chi connectivity index (χ4n) is 5.01. The van der Waals surface area contributed by atoms with Crippen LogP contribution in [0, 0.1) is 0 Å². The summed E-state index contributed by atoms with van der Waals surface area (Å²) in [5.41, 5.74) is 11.0. The van der Waals surface area contributed by atoms with Crippen molar-refractivity contribution in [1.29, 1.82) is 0 Å². The van der Waals surface area contributed by atoms with Crippen molar-refractivity contribution in [1.82, 2.24) is 10.2 Å². The van der Waals surface area contributed by atoms with Crippen LogP contribution in [0.4, 0.5) is 11.6 Å². The highest BCUT2D eigenvalue weighted by atomic mass is 15.4. The van der Waals surface area contributed by atoms with E-state index < -0.39 is 0 Å². The number of rotatable bonds is 18. The van der Waals surface area contributed by atoms with Crippen molar-refractivity contribution in [2.75, 3.05) is 10.9 Å². The predicted octanol–water partition coefficient (Wildman–Crippen LogP) is 10.5. The Labute approximate surface area is 263 Å². The summed E-state index contributed by atoms with van der Waals surface area (Å²) in [4.78, 5) is 0. The maximum atomic E-state index is 4.58. The summed E-state index contributed by atoms with van der Waals surface area (Å²) < 4.78 is 0. The number of allylic oxidation sites excluding steroid dienone is 2. The van der Waals surface area contributed by atoms with Gasteiger partial charge < -0.3 is 0 Å². The summed E-state index contributed by atoms with van der Waals surface area (Å²) in [7, 11) is 0. The Morgan fingerprint density at radius 1 is 0.545 bits per heavy atom. The topological polar surface area (TPSA) is 74.6 Å². The number of benzene rings is 3. The molecule has 6 nitrogen and oxygen atoms in total. The van der Waals surface area contributed by atoms with Crippen molar-refractivity contribution in [2.45, 2.75) is 78.1 Å². The Hall–Kier alpha value is -4.58. The van der Waals surface area contributed by atoms with Crippen LogP contribution in [0.2, 0.25) is 0 Å². The summed E-state index contributed by atoms with van der Waals surface area (Å²) in [6.07, 6.45) is 19.9. The first kappa shape index (κ1) is 32.3. The minimum Gasteiger partial charge on any atom is -0.259 e. The predicted molar refractivity (Wildman–Crippen MR) is 190 cm³/mol. The molecule has 0 atom stereocenters. The molecule has 0 spiro atoms. The van der Waals surface area contributed by atoms with E-state index in [0.29, 0.717) is 11.6 Å². The Balaban J connectivity index is 1.48. The fourth-order valence-corrected chi connectivity index (χ4v) is 5.01. The van der Waals surface area contributed by atoms with Gasteiger partial charge in [-0.1, -0.05) is 149 Å². The van der Waals surface area contributed by atoms with Gasteiger partial charge in [-0.2, -0.15) is 10.2 Å². The van der Waals surface area contributed by atoms with Crippen molar-refractivity contribution < 1.29 is 0 Å². The van der Waals surface area contributed by atoms with Crippen LogP contribution in [-0.2, 0) is 0 Å². The lowest BCUT2D eigenvalue weighted by Gasteiger charge is -2.09. The van der Waals surface area contributed by atoms with E-state index in [1.807, 2.05) is 48.8 Å². The number of hydrogen-bond acceptors (Lipinski definition) is 6. The molecule has 0 unspecified atom stereocenters. The molecule has 0 aliphatic heterocycles. The van der Waals surface area contributed by atoms with Crippen LogP contribution in [0.25, 0.3) is 22.9 Å². The largest absolute Gasteiger partial charge is 0.259 e. The second-order valence-electron chi connectivity index (χ2n) is 11.1. The molecule has 3 aromatic carbocycles. The fraction of sp³-hybridized carbons (Fsp3) is 0.316. The van der Waals surface area contributed by atoms with Gasteiger partial charge in [-0.15, -0.1) is 10.2 Å². The first-order valence-corrected chi connectivity index (χ1v) is 16.1. The van der Waals surface area contributed by atoms with Crippen molar-refractivity contribution in [3.63, 3.8) is 0 Å². The molecular weight excluding hydrogens is 540 g/mol. The van der Waals surface area contributed by atoms with Crippen LogP contribution in [0.15, 0.2) is 106 Å². The number of anilines is 2. The van der Waals surface area contributed by atoms with E-state index in [1.165, 1.54) is 60.8 Å². The van der Waals surface area contributed by atoms with Gasteiger partial charge in [0.05, 0.1) is 12.4 Å². The molecule has 0 fully saturated rings. The van der Waals surface area contributed by atoms with E-state index in [0.717, 1.165) is 36.5 Å². The standard InChI is InChI=1S/C38H46N6/c1-3-5-7-11-23-33(27-31-19-13-9-14-20-31)29-39-41-37-35-25-17-18-26-36(35)38(44-43-37)42-40-30-34(24-12-8-6-4-2)28-32-21-15-10-16-22-32/h9-10,13-22,25-30H,3-8,11-12,23-24H2,1-2H3,(H,41,43)(H,42,44). The Morgan fingerprint density at radius 2 is 0.955 bits per heavy atom. The SMILES string of the molecule is CCCCCCC(C=NNc1nnc(NN=CC(=Cc2ccccc2)CCCCCC)c2ccccc12)=Cc1ccccc1. The van der Waals surface area contributed by atoms with Crippen molar-refractivity contribution in [2.24, 2.45) is 10.2 Å². The maximum Gasteiger partial charge on any atom is 0.176 e. The highest BCUT2D eigenvalue weighted by Gasteiger charge is 2.08. The van der Waals surface area contributed by atoms with Gasteiger partial charge >= 0.3 is 0 Å². The number of nitrogens with zero attached hydrogens (tertiary/aromatic N) is 4. The molecule has 6 heteroatoms. The van der Waals surface area contributed by atoms with Gasteiger partial charge in [0, 0.05) is 10.8 Å². The summed E-state index contributed by atoms with van der Waals surface area (Å²) in [5, 5.41) is 19.9. The monoisotopic (exact) mass is 586 g/mol. The number of unbranched alkanes of at least 4 members (excludes halogenated alkanes) is 6. The molecule has 0 radical (unpaired) electrons. The highest BCUT2D eigenvalue weighted by molar-refractivity contribution is 5.99. The van der Waals surface area contributed by atoms with Crippen LogP contribution in [-0.4, -0.2) is 22.6 Å². The third-order valence-electron chi connectivity index (χ3n) is 7.43. The molecule has 0 aliphatic carbocycles. The van der Waals surface area contributed by atoms with E-state index in [9.17, 15) is 0 Å². The lowest BCUT2D eigenvalue weighted by molar-refractivity contribution is 0.671. The smallest absolute Gasteiger partial charge is 0.176 e. The summed E-state index contributed by atoms with van der Waals surface area (Å²) in [5.74, 6) is 1.22. The van der Waals surface area contributed by atoms with Crippen LogP contribution in [0.1, 0.15) is 89.2 Å². The van der Waals surface area contributed by atoms with Gasteiger partial charge in [0.2, 0.25) is 0 Å². The van der Waals surface area contributed by atoms with E-state index in [-0.39, 0.29) is 0 Å². The number of hydrogen-bond donors (Lipinski definition) is 2. The zero-order valence-corrected chi connectivity index (χ0v) is 26.3. The van der Waals surface area contributed by atoms with Crippen molar-refractivity contribution >= 4 is 47.0 Å². The average Bonchev–Trinajstić information content (AvgIpc) is 3.06. The molecule has 0 aliphatic rings. The zero-order chi connectivity index (χ0) is 30.7. The molecule has 4 aromatic rings. The summed E-state index contributed by atoms with van der Waals surface area (Å²) >= 11 is 0. The van der Waals surface area contributed by atoms with E-state index >= 15 is 0 Å². The number of fused-ring (bicyclic) bond motifs is 1. The van der Waals surface area contributed by atoms with Gasteiger partial charge in [-0.3, -0.25) is 10.9 Å². The third-order valence-corrected chi connectivity index (χ3v) is 7.43. The molecule has 2 N–H and O–H groups in total. The normalized spacial score (nSPS) is 12.4. The van der Waals surface area contributed by atoms with Crippen molar-refractivity contribution in [3.05, 3.63) is 107 Å². The minimum atomic E-state index is 0.608. The molecule has 0 saturated heterocycles. The van der Waals surface area contributed by atoms with Gasteiger partial charge in [0.15, 0.2) is 11.6 Å². The first-order chi connectivity index (χ1) is 21.8. The zero-order valence-electron chi connectivity index (χ0n) is 26.3. The second-order valence-corrected chi connectivity index (χ2v) is 11.1.